The van der Waals surface area contributed by atoms with Crippen molar-refractivity contribution in [3.8, 4) is 5.75 Å². The molecule has 100 valence electrons. The molecule has 0 unspecified atom stereocenters. The van der Waals surface area contributed by atoms with E-state index in [4.69, 9.17) is 9.94 Å². The molecule has 1 rings (SSSR count). The zero-order valence-electron chi connectivity index (χ0n) is 11.7. The minimum atomic E-state index is 0.575. The predicted octanol–water partition coefficient (Wildman–Crippen LogP) is 4.01. The third kappa shape index (κ3) is 3.76. The van der Waals surface area contributed by atoms with E-state index in [1.54, 1.807) is 6.92 Å². The molecule has 0 saturated carbocycles. The minimum absolute atomic E-state index is 0.575. The van der Waals surface area contributed by atoms with Crippen molar-refractivity contribution in [2.75, 3.05) is 6.61 Å². The van der Waals surface area contributed by atoms with Crippen LogP contribution in [0, 0.1) is 12.8 Å². The smallest absolute Gasteiger partial charge is 0.128 e. The first-order valence-electron chi connectivity index (χ1n) is 6.54. The van der Waals surface area contributed by atoms with Gasteiger partial charge in [-0.2, -0.15) is 0 Å². The lowest BCUT2D eigenvalue weighted by Gasteiger charge is -2.16. The van der Waals surface area contributed by atoms with Crippen LogP contribution in [0.3, 0.4) is 0 Å². The highest BCUT2D eigenvalue weighted by atomic mass is 16.5. The molecule has 0 fully saturated rings. The fourth-order valence-corrected chi connectivity index (χ4v) is 1.84. The van der Waals surface area contributed by atoms with Crippen LogP contribution >= 0.6 is 0 Å². The number of oxime groups is 1. The van der Waals surface area contributed by atoms with Gasteiger partial charge in [0.15, 0.2) is 0 Å². The third-order valence-corrected chi connectivity index (χ3v) is 3.30. The van der Waals surface area contributed by atoms with E-state index in [-0.39, 0.29) is 0 Å². The summed E-state index contributed by atoms with van der Waals surface area (Å²) in [5.74, 6) is 1.37. The number of hydrogen-bond acceptors (Lipinski definition) is 3. The van der Waals surface area contributed by atoms with Crippen molar-refractivity contribution < 1.29 is 9.94 Å². The van der Waals surface area contributed by atoms with Gasteiger partial charge in [-0.1, -0.05) is 43.5 Å². The van der Waals surface area contributed by atoms with Crippen LogP contribution in [0.1, 0.15) is 44.7 Å². The molecule has 0 radical (unpaired) electrons. The van der Waals surface area contributed by atoms with E-state index in [0.717, 1.165) is 29.7 Å². The second kappa shape index (κ2) is 7.04. The molecular weight excluding hydrogens is 226 g/mol. The molecule has 0 atom stereocenters. The summed E-state index contributed by atoms with van der Waals surface area (Å²) in [5.41, 5.74) is 2.57. The summed E-state index contributed by atoms with van der Waals surface area (Å²) in [6, 6.07) is 5.94. The third-order valence-electron chi connectivity index (χ3n) is 3.30. The molecule has 0 amide bonds. The van der Waals surface area contributed by atoms with E-state index < -0.39 is 0 Å². The standard InChI is InChI=1S/C15H23NO2/c1-5-13(6-2)10-18-15-8-7-11(3)9-14(15)12(4)16-17/h7-9,13,17H,5-6,10H2,1-4H3/b16-12+. The topological polar surface area (TPSA) is 41.8 Å². The molecule has 0 heterocycles. The van der Waals surface area contributed by atoms with Crippen LogP contribution in [0.5, 0.6) is 5.75 Å². The Bertz CT molecular complexity index is 409. The summed E-state index contributed by atoms with van der Waals surface area (Å²) in [4.78, 5) is 0. The Morgan fingerprint density at radius 1 is 1.33 bits per heavy atom. The fraction of sp³-hybridized carbons (Fsp3) is 0.533. The summed E-state index contributed by atoms with van der Waals surface area (Å²) in [6.07, 6.45) is 2.23. The van der Waals surface area contributed by atoms with Gasteiger partial charge in [0.25, 0.3) is 0 Å². The van der Waals surface area contributed by atoms with E-state index >= 15 is 0 Å². The highest BCUT2D eigenvalue weighted by Gasteiger charge is 2.10. The van der Waals surface area contributed by atoms with Gasteiger partial charge in [0.1, 0.15) is 5.75 Å². The zero-order valence-corrected chi connectivity index (χ0v) is 11.7. The molecule has 0 bridgehead atoms. The molecule has 1 N–H and O–H groups in total. The number of benzene rings is 1. The highest BCUT2D eigenvalue weighted by Crippen LogP contribution is 2.22. The van der Waals surface area contributed by atoms with Crippen LogP contribution < -0.4 is 4.74 Å². The van der Waals surface area contributed by atoms with Gasteiger partial charge in [0.05, 0.1) is 12.3 Å². The monoisotopic (exact) mass is 249 g/mol. The molecule has 0 aliphatic heterocycles. The summed E-state index contributed by atoms with van der Waals surface area (Å²) in [7, 11) is 0. The number of hydrogen-bond donors (Lipinski definition) is 1. The van der Waals surface area contributed by atoms with Gasteiger partial charge in [-0.05, 0) is 31.9 Å². The first-order chi connectivity index (χ1) is 8.62. The molecule has 3 nitrogen and oxygen atoms in total. The molecule has 1 aromatic rings. The fourth-order valence-electron chi connectivity index (χ4n) is 1.84. The Labute approximate surface area is 109 Å². The van der Waals surface area contributed by atoms with Gasteiger partial charge in [0.2, 0.25) is 0 Å². The molecule has 0 spiro atoms. The number of rotatable bonds is 6. The largest absolute Gasteiger partial charge is 0.493 e. The number of nitrogens with zero attached hydrogens (tertiary/aromatic N) is 1. The average molecular weight is 249 g/mol. The lowest BCUT2D eigenvalue weighted by Crippen LogP contribution is -2.12. The van der Waals surface area contributed by atoms with Gasteiger partial charge in [0, 0.05) is 5.56 Å². The summed E-state index contributed by atoms with van der Waals surface area (Å²) in [5, 5.41) is 12.2. The predicted molar refractivity (Wildman–Crippen MR) is 74.7 cm³/mol. The molecule has 3 heteroatoms. The van der Waals surface area contributed by atoms with Gasteiger partial charge >= 0.3 is 0 Å². The maximum atomic E-state index is 8.91. The van der Waals surface area contributed by atoms with Crippen LogP contribution in [0.4, 0.5) is 0 Å². The Kier molecular flexibility index (Phi) is 5.69. The normalized spacial score (nSPS) is 11.9. The van der Waals surface area contributed by atoms with Crippen molar-refractivity contribution in [2.45, 2.75) is 40.5 Å². The molecule has 0 aromatic heterocycles. The van der Waals surface area contributed by atoms with E-state index in [9.17, 15) is 0 Å². The van der Waals surface area contributed by atoms with Crippen LogP contribution in [0.25, 0.3) is 0 Å². The zero-order chi connectivity index (χ0) is 13.5. The van der Waals surface area contributed by atoms with Crippen molar-refractivity contribution in [3.05, 3.63) is 29.3 Å². The lowest BCUT2D eigenvalue weighted by molar-refractivity contribution is 0.240. The second-order valence-electron chi connectivity index (χ2n) is 4.68. The van der Waals surface area contributed by atoms with Crippen molar-refractivity contribution in [2.24, 2.45) is 11.1 Å². The summed E-state index contributed by atoms with van der Waals surface area (Å²) < 4.78 is 5.87. The molecule has 0 aliphatic rings. The molecule has 18 heavy (non-hydrogen) atoms. The molecule has 0 aliphatic carbocycles. The average Bonchev–Trinajstić information content (AvgIpc) is 2.40. The molecule has 1 aromatic carbocycles. The Hall–Kier alpha value is -1.51. The van der Waals surface area contributed by atoms with Crippen molar-refractivity contribution in [1.82, 2.24) is 0 Å². The highest BCUT2D eigenvalue weighted by molar-refractivity contribution is 6.00. The van der Waals surface area contributed by atoms with Gasteiger partial charge in [-0.25, -0.2) is 0 Å². The molecular formula is C15H23NO2. The van der Waals surface area contributed by atoms with E-state index in [2.05, 4.69) is 19.0 Å². The summed E-state index contributed by atoms with van der Waals surface area (Å²) in [6.45, 7) is 8.85. The van der Waals surface area contributed by atoms with Gasteiger partial charge < -0.3 is 9.94 Å². The van der Waals surface area contributed by atoms with E-state index in [1.807, 2.05) is 25.1 Å². The second-order valence-corrected chi connectivity index (χ2v) is 4.68. The summed E-state index contributed by atoms with van der Waals surface area (Å²) >= 11 is 0. The number of ether oxygens (including phenoxy) is 1. The maximum absolute atomic E-state index is 8.91. The van der Waals surface area contributed by atoms with Crippen LogP contribution in [-0.4, -0.2) is 17.5 Å². The van der Waals surface area contributed by atoms with Crippen molar-refractivity contribution >= 4 is 5.71 Å². The lowest BCUT2D eigenvalue weighted by atomic mass is 10.0. The Morgan fingerprint density at radius 3 is 2.56 bits per heavy atom. The van der Waals surface area contributed by atoms with Crippen molar-refractivity contribution in [3.63, 3.8) is 0 Å². The van der Waals surface area contributed by atoms with Gasteiger partial charge in [-0.3, -0.25) is 0 Å². The van der Waals surface area contributed by atoms with E-state index in [1.165, 1.54) is 0 Å². The van der Waals surface area contributed by atoms with Crippen LogP contribution in [-0.2, 0) is 0 Å². The first-order valence-corrected chi connectivity index (χ1v) is 6.54. The quantitative estimate of drug-likeness (QED) is 0.470. The van der Waals surface area contributed by atoms with E-state index in [0.29, 0.717) is 18.2 Å². The number of aryl methyl sites for hydroxylation is 1. The van der Waals surface area contributed by atoms with Gasteiger partial charge in [-0.15, -0.1) is 0 Å². The Morgan fingerprint density at radius 2 is 2.00 bits per heavy atom. The van der Waals surface area contributed by atoms with Crippen LogP contribution in [0.2, 0.25) is 0 Å². The maximum Gasteiger partial charge on any atom is 0.128 e. The molecule has 0 saturated heterocycles. The minimum Gasteiger partial charge on any atom is -0.493 e. The Balaban J connectivity index is 2.88. The van der Waals surface area contributed by atoms with Crippen molar-refractivity contribution in [1.29, 1.82) is 0 Å². The first kappa shape index (κ1) is 14.6. The van der Waals surface area contributed by atoms with Crippen LogP contribution in [0.15, 0.2) is 23.4 Å². The SMILES string of the molecule is CCC(CC)COc1ccc(C)cc1/C(C)=N/O.